The Morgan fingerprint density at radius 1 is 1.11 bits per heavy atom. The number of rotatable bonds is 5. The van der Waals surface area contributed by atoms with Gasteiger partial charge in [-0.15, -0.1) is 11.0 Å². The molecule has 0 aromatic heterocycles. The fourth-order valence-electron chi connectivity index (χ4n) is 2.35. The lowest BCUT2D eigenvalue weighted by molar-refractivity contribution is -0.121. The van der Waals surface area contributed by atoms with Crippen LogP contribution in [0.2, 0.25) is 0 Å². The quantitative estimate of drug-likeness (QED) is 0.565. The van der Waals surface area contributed by atoms with Gasteiger partial charge in [0.25, 0.3) is 15.9 Å². The first-order chi connectivity index (χ1) is 12.9. The number of nitrogens with zero attached hydrogens (tertiary/aromatic N) is 2. The third-order valence-corrected chi connectivity index (χ3v) is 6.03. The molecule has 0 unspecified atom stereocenters. The summed E-state index contributed by atoms with van der Waals surface area (Å²) in [6.45, 7) is 3.67. The molecule has 1 fully saturated rings. The van der Waals surface area contributed by atoms with Gasteiger partial charge in [-0.3, -0.25) is 9.69 Å². The average Bonchev–Trinajstić information content (AvgIpc) is 2.93. The number of halogens is 1. The van der Waals surface area contributed by atoms with Crippen LogP contribution < -0.4 is 0 Å². The highest BCUT2D eigenvalue weighted by molar-refractivity contribution is 8.19. The molecule has 0 atom stereocenters. The Bertz CT molecular complexity index is 1050. The molecule has 1 heterocycles. The molecule has 138 valence electrons. The fraction of sp³-hybridized carbons (Fsp3) is 0.0526. The molecular weight excluding hydrogens is 387 g/mol. The second-order valence-corrected chi connectivity index (χ2v) is 8.11. The normalized spacial score (nSPS) is 17.7. The van der Waals surface area contributed by atoms with Crippen LogP contribution in [0.3, 0.4) is 0 Å². The number of carbonyl (C=O) groups excluding carboxylic acids is 1. The van der Waals surface area contributed by atoms with Crippen LogP contribution in [0.1, 0.15) is 5.56 Å². The molecular formula is C19H15FN2O3S2. The lowest BCUT2D eigenvalue weighted by Crippen LogP contribution is -2.29. The molecule has 0 bridgehead atoms. The number of thioether (sulfide) groups is 1. The first-order valence-corrected chi connectivity index (χ1v) is 10.1. The molecule has 2 aromatic rings. The maximum Gasteiger partial charge on any atom is 0.284 e. The van der Waals surface area contributed by atoms with E-state index in [1.807, 2.05) is 0 Å². The molecule has 2 aromatic carbocycles. The van der Waals surface area contributed by atoms with Crippen LogP contribution in [0.5, 0.6) is 0 Å². The van der Waals surface area contributed by atoms with Crippen molar-refractivity contribution in [2.45, 2.75) is 4.90 Å². The topological polar surface area (TPSA) is 66.8 Å². The molecule has 5 nitrogen and oxygen atoms in total. The minimum Gasteiger partial charge on any atom is -0.282 e. The molecule has 0 radical (unpaired) electrons. The number of carbonyl (C=O) groups is 1. The molecule has 0 saturated carbocycles. The maximum absolute atomic E-state index is 13.9. The van der Waals surface area contributed by atoms with Crippen LogP contribution in [-0.4, -0.2) is 30.9 Å². The molecule has 8 heteroatoms. The van der Waals surface area contributed by atoms with Gasteiger partial charge in [0.05, 0.1) is 9.80 Å². The zero-order chi connectivity index (χ0) is 19.4. The summed E-state index contributed by atoms with van der Waals surface area (Å²) in [6, 6.07) is 13.7. The zero-order valence-corrected chi connectivity index (χ0v) is 15.7. The molecule has 1 aliphatic heterocycles. The fourth-order valence-corrected chi connectivity index (χ4v) is 4.55. The summed E-state index contributed by atoms with van der Waals surface area (Å²) in [4.78, 5) is 14.0. The molecule has 0 N–H and O–H groups in total. The Hall–Kier alpha value is -2.71. The number of amidine groups is 1. The van der Waals surface area contributed by atoms with Crippen molar-refractivity contribution in [2.75, 3.05) is 6.54 Å². The van der Waals surface area contributed by atoms with Crippen molar-refractivity contribution in [3.8, 4) is 0 Å². The molecule has 1 aliphatic rings. The Kier molecular flexibility index (Phi) is 5.57. The van der Waals surface area contributed by atoms with Crippen LogP contribution in [0.15, 0.2) is 81.5 Å². The van der Waals surface area contributed by atoms with E-state index >= 15 is 0 Å². The third kappa shape index (κ3) is 4.17. The number of sulfonamides is 1. The lowest BCUT2D eigenvalue weighted by atomic mass is 10.2. The molecule has 0 aliphatic carbocycles. The second kappa shape index (κ2) is 7.89. The highest BCUT2D eigenvalue weighted by Crippen LogP contribution is 2.34. The van der Waals surface area contributed by atoms with Crippen LogP contribution >= 0.6 is 11.8 Å². The summed E-state index contributed by atoms with van der Waals surface area (Å²) in [6.07, 6.45) is 2.85. The first-order valence-electron chi connectivity index (χ1n) is 7.89. The molecule has 0 spiro atoms. The van der Waals surface area contributed by atoms with Crippen molar-refractivity contribution >= 4 is 38.9 Å². The number of amides is 1. The van der Waals surface area contributed by atoms with Gasteiger partial charge < -0.3 is 0 Å². The van der Waals surface area contributed by atoms with Crippen LogP contribution in [0.25, 0.3) is 6.08 Å². The van der Waals surface area contributed by atoms with E-state index in [1.165, 1.54) is 41.3 Å². The van der Waals surface area contributed by atoms with E-state index in [-0.39, 0.29) is 27.1 Å². The number of hydrogen-bond donors (Lipinski definition) is 0. The van der Waals surface area contributed by atoms with E-state index in [0.29, 0.717) is 0 Å². The van der Waals surface area contributed by atoms with E-state index in [1.54, 1.807) is 30.3 Å². The van der Waals surface area contributed by atoms with E-state index in [0.717, 1.165) is 11.8 Å². The SMILES string of the molecule is C=CCN1C(=O)/C(=C/c2ccccc2F)S/C1=N/S(=O)(=O)c1ccccc1. The van der Waals surface area contributed by atoms with E-state index in [2.05, 4.69) is 11.0 Å². The predicted octanol–water partition coefficient (Wildman–Crippen LogP) is 3.67. The largest absolute Gasteiger partial charge is 0.284 e. The molecule has 27 heavy (non-hydrogen) atoms. The summed E-state index contributed by atoms with van der Waals surface area (Å²) in [7, 11) is -3.99. The highest BCUT2D eigenvalue weighted by atomic mass is 32.2. The lowest BCUT2D eigenvalue weighted by Gasteiger charge is -2.12. The summed E-state index contributed by atoms with van der Waals surface area (Å²) >= 11 is 0.886. The molecule has 1 amide bonds. The van der Waals surface area contributed by atoms with Crippen molar-refractivity contribution in [1.82, 2.24) is 4.90 Å². The number of hydrogen-bond acceptors (Lipinski definition) is 4. The van der Waals surface area contributed by atoms with E-state index < -0.39 is 21.7 Å². The minimum absolute atomic E-state index is 0.00587. The smallest absolute Gasteiger partial charge is 0.282 e. The Morgan fingerprint density at radius 2 is 1.78 bits per heavy atom. The second-order valence-electron chi connectivity index (χ2n) is 5.50. The maximum atomic E-state index is 13.9. The zero-order valence-electron chi connectivity index (χ0n) is 14.1. The summed E-state index contributed by atoms with van der Waals surface area (Å²) < 4.78 is 42.7. The van der Waals surface area contributed by atoms with Gasteiger partial charge in [-0.25, -0.2) is 4.39 Å². The van der Waals surface area contributed by atoms with Crippen molar-refractivity contribution in [3.05, 3.63) is 83.5 Å². The van der Waals surface area contributed by atoms with Gasteiger partial charge in [0, 0.05) is 12.1 Å². The highest BCUT2D eigenvalue weighted by Gasteiger charge is 2.34. The first kappa shape index (κ1) is 19.1. The van der Waals surface area contributed by atoms with Crippen molar-refractivity contribution in [2.24, 2.45) is 4.40 Å². The van der Waals surface area contributed by atoms with E-state index in [4.69, 9.17) is 0 Å². The van der Waals surface area contributed by atoms with Gasteiger partial charge >= 0.3 is 0 Å². The predicted molar refractivity (Wildman–Crippen MR) is 105 cm³/mol. The third-order valence-electron chi connectivity index (χ3n) is 3.63. The standard InChI is InChI=1S/C19H15FN2O3S2/c1-2-12-22-18(23)17(13-14-8-6-7-11-16(14)20)26-19(22)21-27(24,25)15-9-4-3-5-10-15/h2-11,13H,1,12H2/b17-13-,21-19+. The van der Waals surface area contributed by atoms with Gasteiger partial charge in [-0.05, 0) is 36.0 Å². The van der Waals surface area contributed by atoms with Crippen LogP contribution in [-0.2, 0) is 14.8 Å². The van der Waals surface area contributed by atoms with Crippen molar-refractivity contribution in [1.29, 1.82) is 0 Å². The van der Waals surface area contributed by atoms with Crippen LogP contribution in [0, 0.1) is 5.82 Å². The Labute approximate surface area is 161 Å². The summed E-state index contributed by atoms with van der Waals surface area (Å²) in [5, 5.41) is 0.00587. The van der Waals surface area contributed by atoms with Crippen molar-refractivity contribution in [3.63, 3.8) is 0 Å². The Morgan fingerprint density at radius 3 is 2.44 bits per heavy atom. The molecule has 1 saturated heterocycles. The van der Waals surface area contributed by atoms with Crippen LogP contribution in [0.4, 0.5) is 4.39 Å². The van der Waals surface area contributed by atoms with Gasteiger partial charge in [-0.1, -0.05) is 42.5 Å². The Balaban J connectivity index is 2.01. The summed E-state index contributed by atoms with van der Waals surface area (Å²) in [5.41, 5.74) is 0.235. The van der Waals surface area contributed by atoms with Gasteiger partial charge in [-0.2, -0.15) is 8.42 Å². The van der Waals surface area contributed by atoms with Crippen molar-refractivity contribution < 1.29 is 17.6 Å². The minimum atomic E-state index is -3.99. The molecule has 3 rings (SSSR count). The monoisotopic (exact) mass is 402 g/mol. The van der Waals surface area contributed by atoms with Gasteiger partial charge in [0.15, 0.2) is 5.17 Å². The van der Waals surface area contributed by atoms with E-state index in [9.17, 15) is 17.6 Å². The van der Waals surface area contributed by atoms with Gasteiger partial charge in [0.2, 0.25) is 0 Å². The summed E-state index contributed by atoms with van der Waals surface area (Å²) in [5.74, 6) is -0.930. The average molecular weight is 402 g/mol. The van der Waals surface area contributed by atoms with Gasteiger partial charge in [0.1, 0.15) is 5.82 Å². The number of benzene rings is 2.